The molecule has 7 heteroatoms. The highest BCUT2D eigenvalue weighted by atomic mass is 16.4. The van der Waals surface area contributed by atoms with Gasteiger partial charge in [-0.2, -0.15) is 0 Å². The molecule has 0 aromatic carbocycles. The first-order valence-electron chi connectivity index (χ1n) is 4.86. The van der Waals surface area contributed by atoms with E-state index >= 15 is 0 Å². The molecule has 0 spiro atoms. The molecule has 3 amide bonds. The summed E-state index contributed by atoms with van der Waals surface area (Å²) in [7, 11) is 0. The number of rotatable bonds is 3. The van der Waals surface area contributed by atoms with E-state index in [0.717, 1.165) is 4.90 Å². The van der Waals surface area contributed by atoms with Gasteiger partial charge in [0.15, 0.2) is 0 Å². The van der Waals surface area contributed by atoms with Crippen molar-refractivity contribution in [2.24, 2.45) is 0 Å². The summed E-state index contributed by atoms with van der Waals surface area (Å²) < 4.78 is 0. The highest BCUT2D eigenvalue weighted by Gasteiger charge is 2.40. The number of anilines is 1. The Morgan fingerprint density at radius 3 is 2.88 bits per heavy atom. The van der Waals surface area contributed by atoms with Crippen LogP contribution in [0.4, 0.5) is 10.5 Å². The lowest BCUT2D eigenvalue weighted by Gasteiger charge is -2.11. The van der Waals surface area contributed by atoms with Crippen LogP contribution >= 0.6 is 0 Å². The van der Waals surface area contributed by atoms with Crippen LogP contribution in [0.5, 0.6) is 0 Å². The van der Waals surface area contributed by atoms with Crippen molar-refractivity contribution in [2.75, 3.05) is 4.90 Å². The molecule has 0 radical (unpaired) electrons. The highest BCUT2D eigenvalue weighted by Crippen LogP contribution is 2.18. The second-order valence-corrected chi connectivity index (χ2v) is 3.48. The molecule has 1 aliphatic heterocycles. The summed E-state index contributed by atoms with van der Waals surface area (Å²) in [5.74, 6) is -1.72. The predicted octanol–water partition coefficient (Wildman–Crippen LogP) is -0.0189. The molecule has 1 saturated heterocycles. The molecule has 88 valence electrons. The van der Waals surface area contributed by atoms with Crippen molar-refractivity contribution in [1.82, 2.24) is 10.3 Å². The third kappa shape index (κ3) is 2.07. The number of urea groups is 1. The number of hydrogen-bond acceptors (Lipinski definition) is 4. The topological polar surface area (TPSA) is 99.6 Å². The molecule has 0 bridgehead atoms. The average molecular weight is 235 g/mol. The molecule has 2 N–H and O–H groups in total. The third-order valence-electron chi connectivity index (χ3n) is 2.30. The van der Waals surface area contributed by atoms with Crippen LogP contribution in [0, 0.1) is 0 Å². The number of nitrogens with zero attached hydrogens (tertiary/aromatic N) is 2. The van der Waals surface area contributed by atoms with E-state index in [4.69, 9.17) is 5.11 Å². The first kappa shape index (κ1) is 11.1. The number of pyridine rings is 1. The summed E-state index contributed by atoms with van der Waals surface area (Å²) in [6, 6.07) is 1.49. The molecule has 17 heavy (non-hydrogen) atoms. The van der Waals surface area contributed by atoms with Gasteiger partial charge < -0.3 is 10.4 Å². The van der Waals surface area contributed by atoms with E-state index in [2.05, 4.69) is 10.3 Å². The monoisotopic (exact) mass is 235 g/mol. The van der Waals surface area contributed by atoms with Gasteiger partial charge >= 0.3 is 12.0 Å². The van der Waals surface area contributed by atoms with Crippen molar-refractivity contribution in [3.8, 4) is 0 Å². The number of aromatic nitrogens is 1. The van der Waals surface area contributed by atoms with Gasteiger partial charge in [0, 0.05) is 6.20 Å². The van der Waals surface area contributed by atoms with Crippen molar-refractivity contribution >= 4 is 23.6 Å². The number of carbonyl (C=O) groups is 3. The summed E-state index contributed by atoms with van der Waals surface area (Å²) in [5, 5.41) is 10.9. The lowest BCUT2D eigenvalue weighted by Crippen LogP contribution is -2.32. The first-order chi connectivity index (χ1) is 8.09. The number of carbonyl (C=O) groups excluding carboxylic acids is 2. The first-order valence-corrected chi connectivity index (χ1v) is 4.86. The second kappa shape index (κ2) is 4.20. The SMILES string of the molecule is O=C(O)C[C@H]1NC(=O)N(c2cccnc2)C1=O. The summed E-state index contributed by atoms with van der Waals surface area (Å²) in [5.41, 5.74) is 0.322. The van der Waals surface area contributed by atoms with Crippen LogP contribution in [0.1, 0.15) is 6.42 Å². The van der Waals surface area contributed by atoms with Gasteiger partial charge in [0.2, 0.25) is 0 Å². The van der Waals surface area contributed by atoms with E-state index in [0.29, 0.717) is 5.69 Å². The van der Waals surface area contributed by atoms with Crippen LogP contribution < -0.4 is 10.2 Å². The van der Waals surface area contributed by atoms with Gasteiger partial charge in [-0.25, -0.2) is 9.69 Å². The fraction of sp³-hybridized carbons (Fsp3) is 0.200. The van der Waals surface area contributed by atoms with Crippen molar-refractivity contribution in [1.29, 1.82) is 0 Å². The smallest absolute Gasteiger partial charge is 0.329 e. The summed E-state index contributed by atoms with van der Waals surface area (Å²) in [4.78, 5) is 38.6. The molecule has 1 fully saturated rings. The Labute approximate surface area is 96.1 Å². The zero-order valence-corrected chi connectivity index (χ0v) is 8.66. The summed E-state index contributed by atoms with van der Waals surface area (Å²) in [6.45, 7) is 0. The Balaban J connectivity index is 2.23. The van der Waals surface area contributed by atoms with Crippen LogP contribution in [0.25, 0.3) is 0 Å². The lowest BCUT2D eigenvalue weighted by molar-refractivity contribution is -0.139. The van der Waals surface area contributed by atoms with Gasteiger partial charge in [-0.1, -0.05) is 0 Å². The number of imide groups is 1. The molecule has 1 atom stereocenters. The molecule has 0 unspecified atom stereocenters. The quantitative estimate of drug-likeness (QED) is 0.717. The number of carboxylic acid groups (broad SMARTS) is 1. The standard InChI is InChI=1S/C10H9N3O4/c14-8(15)4-7-9(16)13(10(17)12-7)6-2-1-3-11-5-6/h1-3,5,7H,4H2,(H,12,17)(H,14,15)/t7-/m1/s1. The lowest BCUT2D eigenvalue weighted by atomic mass is 10.2. The van der Waals surface area contributed by atoms with E-state index in [1.54, 1.807) is 12.1 Å². The van der Waals surface area contributed by atoms with Gasteiger partial charge in [-0.15, -0.1) is 0 Å². The fourth-order valence-corrected chi connectivity index (χ4v) is 1.57. The number of hydrogen-bond donors (Lipinski definition) is 2. The van der Waals surface area contributed by atoms with E-state index < -0.39 is 30.4 Å². The van der Waals surface area contributed by atoms with E-state index in [1.807, 2.05) is 0 Å². The van der Waals surface area contributed by atoms with Crippen molar-refractivity contribution in [3.05, 3.63) is 24.5 Å². The van der Waals surface area contributed by atoms with Gasteiger partial charge in [0.1, 0.15) is 6.04 Å². The van der Waals surface area contributed by atoms with Crippen molar-refractivity contribution in [2.45, 2.75) is 12.5 Å². The van der Waals surface area contributed by atoms with Crippen molar-refractivity contribution < 1.29 is 19.5 Å². The van der Waals surface area contributed by atoms with Gasteiger partial charge in [-0.05, 0) is 12.1 Å². The highest BCUT2D eigenvalue weighted by molar-refractivity contribution is 6.21. The third-order valence-corrected chi connectivity index (χ3v) is 2.30. The Morgan fingerprint density at radius 1 is 1.53 bits per heavy atom. The zero-order chi connectivity index (χ0) is 12.4. The molecule has 2 heterocycles. The number of carboxylic acids is 1. The van der Waals surface area contributed by atoms with Crippen LogP contribution in [0.3, 0.4) is 0 Å². The summed E-state index contributed by atoms with van der Waals surface area (Å²) in [6.07, 6.45) is 2.44. The largest absolute Gasteiger partial charge is 0.481 e. The average Bonchev–Trinajstić information content (AvgIpc) is 2.54. The maximum Gasteiger partial charge on any atom is 0.329 e. The summed E-state index contributed by atoms with van der Waals surface area (Å²) >= 11 is 0. The van der Waals surface area contributed by atoms with Crippen LogP contribution in [-0.2, 0) is 9.59 Å². The Kier molecular flexibility index (Phi) is 2.73. The molecular formula is C10H9N3O4. The molecule has 7 nitrogen and oxygen atoms in total. The minimum absolute atomic E-state index is 0.322. The molecule has 0 saturated carbocycles. The maximum atomic E-state index is 11.8. The minimum Gasteiger partial charge on any atom is -0.481 e. The van der Waals surface area contributed by atoms with Gasteiger partial charge in [0.25, 0.3) is 5.91 Å². The van der Waals surface area contributed by atoms with Crippen LogP contribution in [0.15, 0.2) is 24.5 Å². The van der Waals surface area contributed by atoms with E-state index in [-0.39, 0.29) is 0 Å². The molecule has 1 aromatic heterocycles. The normalized spacial score (nSPS) is 19.3. The minimum atomic E-state index is -1.14. The number of nitrogens with one attached hydrogen (secondary N) is 1. The molecule has 0 aliphatic carbocycles. The van der Waals surface area contributed by atoms with E-state index in [9.17, 15) is 14.4 Å². The second-order valence-electron chi connectivity index (χ2n) is 3.48. The van der Waals surface area contributed by atoms with Crippen molar-refractivity contribution in [3.63, 3.8) is 0 Å². The maximum absolute atomic E-state index is 11.8. The van der Waals surface area contributed by atoms with Gasteiger partial charge in [-0.3, -0.25) is 14.6 Å². The Bertz CT molecular complexity index is 474. The number of amides is 3. The van der Waals surface area contributed by atoms with E-state index in [1.165, 1.54) is 12.4 Å². The van der Waals surface area contributed by atoms with Crippen LogP contribution in [-0.4, -0.2) is 34.0 Å². The molecule has 2 rings (SSSR count). The fourth-order valence-electron chi connectivity index (χ4n) is 1.57. The Hall–Kier alpha value is -2.44. The molecule has 1 aliphatic rings. The molecule has 1 aromatic rings. The number of aliphatic carboxylic acids is 1. The van der Waals surface area contributed by atoms with Gasteiger partial charge in [0.05, 0.1) is 18.3 Å². The molecular weight excluding hydrogens is 226 g/mol. The Morgan fingerprint density at radius 2 is 2.29 bits per heavy atom. The zero-order valence-electron chi connectivity index (χ0n) is 8.66. The van der Waals surface area contributed by atoms with Crippen LogP contribution in [0.2, 0.25) is 0 Å². The predicted molar refractivity (Wildman–Crippen MR) is 56.3 cm³/mol.